The van der Waals surface area contributed by atoms with Gasteiger partial charge in [-0.2, -0.15) is 0 Å². The minimum atomic E-state index is -0.402. The van der Waals surface area contributed by atoms with Crippen molar-refractivity contribution in [2.75, 3.05) is 51.3 Å². The van der Waals surface area contributed by atoms with Crippen molar-refractivity contribution < 1.29 is 18.7 Å². The molecule has 0 N–H and O–H groups in total. The van der Waals surface area contributed by atoms with Gasteiger partial charge in [0.05, 0.1) is 12.8 Å². The zero-order valence-electron chi connectivity index (χ0n) is 21.4. The third-order valence-electron chi connectivity index (χ3n) is 6.26. The Morgan fingerprint density at radius 2 is 1.73 bits per heavy atom. The van der Waals surface area contributed by atoms with Gasteiger partial charge in [0.1, 0.15) is 18.1 Å². The highest BCUT2D eigenvalue weighted by Crippen LogP contribution is 2.23. The van der Waals surface area contributed by atoms with Gasteiger partial charge in [0, 0.05) is 43.9 Å². The van der Waals surface area contributed by atoms with Crippen LogP contribution >= 0.6 is 0 Å². The number of ether oxygens (including phenoxy) is 1. The Hall–Kier alpha value is -4.01. The molecule has 0 saturated carbocycles. The van der Waals surface area contributed by atoms with E-state index in [0.717, 1.165) is 22.8 Å². The third kappa shape index (κ3) is 6.61. The Morgan fingerprint density at radius 1 is 1.00 bits per heavy atom. The molecule has 8 nitrogen and oxygen atoms in total. The number of carbonyl (C=O) groups excluding carboxylic acids is 2. The average molecular weight is 506 g/mol. The van der Waals surface area contributed by atoms with Gasteiger partial charge in [-0.15, -0.1) is 10.2 Å². The SMILES string of the molecule is COc1cccc(-c2ccc(N3CCN(C(=O)CN(CC(C)C)C(=O)c4ccc(F)cc4)CC3)nn2)c1. The molecule has 1 aliphatic heterocycles. The first-order valence-corrected chi connectivity index (χ1v) is 12.4. The molecule has 0 unspecified atom stereocenters. The van der Waals surface area contributed by atoms with Crippen LogP contribution < -0.4 is 9.64 Å². The summed E-state index contributed by atoms with van der Waals surface area (Å²) in [6, 6.07) is 17.0. The van der Waals surface area contributed by atoms with E-state index in [1.807, 2.05) is 50.2 Å². The summed E-state index contributed by atoms with van der Waals surface area (Å²) in [6.07, 6.45) is 0. The lowest BCUT2D eigenvalue weighted by Crippen LogP contribution is -2.52. The van der Waals surface area contributed by atoms with Crippen molar-refractivity contribution in [3.8, 4) is 17.0 Å². The van der Waals surface area contributed by atoms with Crippen molar-refractivity contribution in [2.24, 2.45) is 5.92 Å². The monoisotopic (exact) mass is 505 g/mol. The second-order valence-electron chi connectivity index (χ2n) is 9.46. The molecule has 0 aliphatic carbocycles. The molecule has 4 rings (SSSR count). The van der Waals surface area contributed by atoms with Crippen LogP contribution in [0.5, 0.6) is 5.75 Å². The lowest BCUT2D eigenvalue weighted by atomic mass is 10.1. The van der Waals surface area contributed by atoms with Gasteiger partial charge in [0.15, 0.2) is 5.82 Å². The Kier molecular flexibility index (Phi) is 8.32. The number of methoxy groups -OCH3 is 1. The van der Waals surface area contributed by atoms with Gasteiger partial charge in [0.2, 0.25) is 5.91 Å². The Labute approximate surface area is 216 Å². The lowest BCUT2D eigenvalue weighted by Gasteiger charge is -2.36. The Bertz CT molecular complexity index is 1210. The molecule has 194 valence electrons. The highest BCUT2D eigenvalue weighted by Gasteiger charge is 2.26. The number of hydrogen-bond acceptors (Lipinski definition) is 6. The van der Waals surface area contributed by atoms with Crippen LogP contribution in [0.4, 0.5) is 10.2 Å². The van der Waals surface area contributed by atoms with Crippen LogP contribution in [0.15, 0.2) is 60.7 Å². The highest BCUT2D eigenvalue weighted by molar-refractivity contribution is 5.96. The van der Waals surface area contributed by atoms with E-state index >= 15 is 0 Å². The topological polar surface area (TPSA) is 78.9 Å². The van der Waals surface area contributed by atoms with E-state index in [-0.39, 0.29) is 24.3 Å². The summed E-state index contributed by atoms with van der Waals surface area (Å²) in [7, 11) is 1.63. The van der Waals surface area contributed by atoms with Gasteiger partial charge in [-0.1, -0.05) is 26.0 Å². The van der Waals surface area contributed by atoms with Crippen LogP contribution in [0.2, 0.25) is 0 Å². The van der Waals surface area contributed by atoms with Crippen molar-refractivity contribution in [1.29, 1.82) is 0 Å². The molecule has 0 atom stereocenters. The summed E-state index contributed by atoms with van der Waals surface area (Å²) >= 11 is 0. The van der Waals surface area contributed by atoms with Crippen molar-refractivity contribution in [3.05, 3.63) is 72.0 Å². The van der Waals surface area contributed by atoms with E-state index < -0.39 is 5.82 Å². The molecule has 9 heteroatoms. The Balaban J connectivity index is 1.35. The number of halogens is 1. The fraction of sp³-hybridized carbons (Fsp3) is 0.357. The first-order valence-electron chi connectivity index (χ1n) is 12.4. The van der Waals surface area contributed by atoms with Crippen molar-refractivity contribution in [2.45, 2.75) is 13.8 Å². The minimum absolute atomic E-state index is 0.0105. The summed E-state index contributed by atoms with van der Waals surface area (Å²) in [6.45, 7) is 6.71. The standard InChI is InChI=1S/C28H32FN5O3/c1-20(2)18-34(28(36)21-7-9-23(29)10-8-21)19-27(35)33-15-13-32(14-16-33)26-12-11-25(30-31-26)22-5-4-6-24(17-22)37-3/h4-12,17,20H,13-16,18-19H2,1-3H3. The van der Waals surface area contributed by atoms with Crippen LogP contribution in [-0.4, -0.2) is 78.2 Å². The normalized spacial score (nSPS) is 13.5. The van der Waals surface area contributed by atoms with Gasteiger partial charge in [-0.25, -0.2) is 4.39 Å². The number of amides is 2. The summed E-state index contributed by atoms with van der Waals surface area (Å²) < 4.78 is 18.6. The first kappa shape index (κ1) is 26.1. The molecular weight excluding hydrogens is 473 g/mol. The molecule has 0 radical (unpaired) electrons. The average Bonchev–Trinajstić information content (AvgIpc) is 2.92. The number of aromatic nitrogens is 2. The smallest absolute Gasteiger partial charge is 0.254 e. The number of carbonyl (C=O) groups is 2. The third-order valence-corrected chi connectivity index (χ3v) is 6.26. The summed E-state index contributed by atoms with van der Waals surface area (Å²) in [5.74, 6) is 0.928. The molecule has 1 fully saturated rings. The van der Waals surface area contributed by atoms with Gasteiger partial charge < -0.3 is 19.4 Å². The maximum absolute atomic E-state index is 13.3. The van der Waals surface area contributed by atoms with E-state index in [4.69, 9.17) is 4.74 Å². The number of hydrogen-bond donors (Lipinski definition) is 0. The predicted octanol–water partition coefficient (Wildman–Crippen LogP) is 3.74. The van der Waals surface area contributed by atoms with Gasteiger partial charge in [0.25, 0.3) is 5.91 Å². The lowest BCUT2D eigenvalue weighted by molar-refractivity contribution is -0.132. The fourth-order valence-corrected chi connectivity index (χ4v) is 4.31. The molecule has 1 aromatic heterocycles. The Morgan fingerprint density at radius 3 is 2.35 bits per heavy atom. The molecule has 1 saturated heterocycles. The zero-order valence-corrected chi connectivity index (χ0v) is 21.4. The molecule has 0 bridgehead atoms. The second kappa shape index (κ2) is 11.8. The quantitative estimate of drug-likeness (QED) is 0.464. The maximum Gasteiger partial charge on any atom is 0.254 e. The van der Waals surface area contributed by atoms with Crippen LogP contribution in [0, 0.1) is 11.7 Å². The number of benzene rings is 2. The van der Waals surface area contributed by atoms with E-state index in [1.54, 1.807) is 16.9 Å². The van der Waals surface area contributed by atoms with Crippen LogP contribution in [-0.2, 0) is 4.79 Å². The van der Waals surface area contributed by atoms with E-state index in [1.165, 1.54) is 24.3 Å². The number of piperazine rings is 1. The van der Waals surface area contributed by atoms with Gasteiger partial charge >= 0.3 is 0 Å². The number of anilines is 1. The van der Waals surface area contributed by atoms with Crippen molar-refractivity contribution in [1.82, 2.24) is 20.0 Å². The van der Waals surface area contributed by atoms with Gasteiger partial charge in [-0.3, -0.25) is 9.59 Å². The number of nitrogens with zero attached hydrogens (tertiary/aromatic N) is 5. The van der Waals surface area contributed by atoms with Crippen molar-refractivity contribution >= 4 is 17.6 Å². The van der Waals surface area contributed by atoms with Crippen LogP contribution in [0.1, 0.15) is 24.2 Å². The summed E-state index contributed by atoms with van der Waals surface area (Å²) in [5.41, 5.74) is 2.05. The van der Waals surface area contributed by atoms with Crippen LogP contribution in [0.3, 0.4) is 0 Å². The molecule has 0 spiro atoms. The maximum atomic E-state index is 13.3. The van der Waals surface area contributed by atoms with Gasteiger partial charge in [-0.05, 0) is 54.4 Å². The number of rotatable bonds is 8. The van der Waals surface area contributed by atoms with Crippen molar-refractivity contribution in [3.63, 3.8) is 0 Å². The molecule has 2 amide bonds. The van der Waals surface area contributed by atoms with Crippen LogP contribution in [0.25, 0.3) is 11.3 Å². The molecule has 2 aromatic carbocycles. The fourth-order valence-electron chi connectivity index (χ4n) is 4.31. The molecule has 1 aliphatic rings. The highest BCUT2D eigenvalue weighted by atomic mass is 19.1. The zero-order chi connectivity index (χ0) is 26.4. The largest absolute Gasteiger partial charge is 0.497 e. The molecule has 3 aromatic rings. The minimum Gasteiger partial charge on any atom is -0.497 e. The van der Waals surface area contributed by atoms with E-state index in [2.05, 4.69) is 15.1 Å². The second-order valence-corrected chi connectivity index (χ2v) is 9.46. The van der Waals surface area contributed by atoms with E-state index in [0.29, 0.717) is 38.3 Å². The molecule has 2 heterocycles. The first-order chi connectivity index (χ1) is 17.8. The molecule has 37 heavy (non-hydrogen) atoms. The summed E-state index contributed by atoms with van der Waals surface area (Å²) in [5, 5.41) is 8.78. The summed E-state index contributed by atoms with van der Waals surface area (Å²) in [4.78, 5) is 31.5. The molecular formula is C28H32FN5O3. The van der Waals surface area contributed by atoms with E-state index in [9.17, 15) is 14.0 Å². The predicted molar refractivity (Wildman–Crippen MR) is 140 cm³/mol.